The molecule has 16 nitrogen and oxygen atoms in total. The number of aliphatic hydroxyl groups excluding tert-OH is 2. The molecule has 0 aromatic rings. The summed E-state index contributed by atoms with van der Waals surface area (Å²) in [7, 11) is -9.81. The number of unbranched alkanes of at least 4 members (excludes halogenated alkanes) is 38. The normalized spacial score (nSPS) is 14.5. The Bertz CT molecular complexity index is 2630. The second-order valence-corrected chi connectivity index (χ2v) is 32.9. The van der Waals surface area contributed by atoms with E-state index in [2.05, 4.69) is 167 Å². The van der Waals surface area contributed by atoms with Crippen LogP contribution in [0.4, 0.5) is 0 Å². The molecular formula is C95H164O16P2. The molecule has 0 fully saturated rings. The Labute approximate surface area is 689 Å². The van der Waals surface area contributed by atoms with Gasteiger partial charge in [-0.15, -0.1) is 0 Å². The Morgan fingerprint density at radius 2 is 0.469 bits per heavy atom. The molecule has 5 unspecified atom stereocenters. The fraction of sp³-hybridized carbons (Fsp3) is 0.716. The van der Waals surface area contributed by atoms with E-state index in [4.69, 9.17) is 32.3 Å². The lowest BCUT2D eigenvalue weighted by Crippen LogP contribution is -2.30. The van der Waals surface area contributed by atoms with Gasteiger partial charge in [-0.2, -0.15) is 0 Å². The van der Waals surface area contributed by atoms with Gasteiger partial charge in [0, 0.05) is 19.3 Å². The van der Waals surface area contributed by atoms with Crippen LogP contribution in [0.25, 0.3) is 0 Å². The van der Waals surface area contributed by atoms with Crippen molar-refractivity contribution in [2.45, 2.75) is 399 Å². The number of hydrogen-bond donors (Lipinski definition) is 4. The first-order valence-corrected chi connectivity index (χ1v) is 48.1. The average Bonchev–Trinajstić information content (AvgIpc) is 0.904. The molecule has 0 saturated carbocycles. The van der Waals surface area contributed by atoms with Gasteiger partial charge in [0.25, 0.3) is 0 Å². The van der Waals surface area contributed by atoms with Gasteiger partial charge in [-0.25, -0.2) is 9.13 Å². The number of carbonyl (C=O) groups is 3. The molecule has 0 aliphatic rings. The molecule has 5 atom stereocenters. The molecule has 0 heterocycles. The molecular weight excluding hydrogens is 1460 g/mol. The van der Waals surface area contributed by atoms with Crippen LogP contribution in [0, 0.1) is 0 Å². The molecule has 0 radical (unpaired) electrons. The van der Waals surface area contributed by atoms with E-state index in [1.165, 1.54) is 167 Å². The summed E-state index contributed by atoms with van der Waals surface area (Å²) in [6, 6.07) is 0. The number of phosphoric acid groups is 2. The molecule has 0 aromatic carbocycles. The first kappa shape index (κ1) is 108. The van der Waals surface area contributed by atoms with E-state index < -0.39 is 91.5 Å². The Balaban J connectivity index is 4.43. The second-order valence-electron chi connectivity index (χ2n) is 30.0. The van der Waals surface area contributed by atoms with E-state index in [1.54, 1.807) is 0 Å². The van der Waals surface area contributed by atoms with Crippen molar-refractivity contribution in [2.75, 3.05) is 39.6 Å². The highest BCUT2D eigenvalue weighted by Gasteiger charge is 2.29. The predicted molar refractivity (Wildman–Crippen MR) is 473 cm³/mol. The summed E-state index contributed by atoms with van der Waals surface area (Å²) in [6.07, 6.45) is 109. The van der Waals surface area contributed by atoms with E-state index in [1.807, 2.05) is 0 Å². The summed E-state index contributed by atoms with van der Waals surface area (Å²) in [5.41, 5.74) is 0. The van der Waals surface area contributed by atoms with Gasteiger partial charge in [0.2, 0.25) is 0 Å². The van der Waals surface area contributed by atoms with Crippen LogP contribution in [0.2, 0.25) is 0 Å². The van der Waals surface area contributed by atoms with E-state index in [9.17, 15) is 43.5 Å². The van der Waals surface area contributed by atoms with Crippen molar-refractivity contribution in [1.82, 2.24) is 0 Å². The zero-order valence-electron chi connectivity index (χ0n) is 71.5. The average molecular weight is 1620 g/mol. The van der Waals surface area contributed by atoms with Crippen molar-refractivity contribution in [3.8, 4) is 0 Å². The van der Waals surface area contributed by atoms with Crippen molar-refractivity contribution in [2.24, 2.45) is 0 Å². The number of allylic oxidation sites excluding steroid dienone is 24. The third-order valence-electron chi connectivity index (χ3n) is 19.0. The van der Waals surface area contributed by atoms with E-state index >= 15 is 0 Å². The largest absolute Gasteiger partial charge is 0.472 e. The van der Waals surface area contributed by atoms with Crippen LogP contribution in [0.5, 0.6) is 0 Å². The number of aliphatic hydroxyl groups is 2. The van der Waals surface area contributed by atoms with Crippen molar-refractivity contribution < 1.29 is 75.8 Å². The van der Waals surface area contributed by atoms with Gasteiger partial charge in [-0.3, -0.25) is 32.5 Å². The van der Waals surface area contributed by atoms with Crippen LogP contribution in [-0.2, 0) is 55.8 Å². The fourth-order valence-corrected chi connectivity index (χ4v) is 13.8. The quantitative estimate of drug-likeness (QED) is 0.0146. The van der Waals surface area contributed by atoms with Crippen molar-refractivity contribution in [3.05, 3.63) is 146 Å². The van der Waals surface area contributed by atoms with E-state index in [0.29, 0.717) is 19.3 Å². The van der Waals surface area contributed by atoms with Gasteiger partial charge >= 0.3 is 33.6 Å². The number of esters is 3. The molecule has 0 aliphatic heterocycles. The molecule has 0 amide bonds. The Morgan fingerprint density at radius 3 is 0.743 bits per heavy atom. The third kappa shape index (κ3) is 88.1. The van der Waals surface area contributed by atoms with Crippen LogP contribution < -0.4 is 0 Å². The van der Waals surface area contributed by atoms with Crippen molar-refractivity contribution in [1.29, 1.82) is 0 Å². The molecule has 18 heteroatoms. The minimum absolute atomic E-state index is 0.0827. The Morgan fingerprint density at radius 1 is 0.257 bits per heavy atom. The van der Waals surface area contributed by atoms with Crippen LogP contribution in [0.1, 0.15) is 380 Å². The van der Waals surface area contributed by atoms with Crippen LogP contribution in [0.3, 0.4) is 0 Å². The maximum atomic E-state index is 13.0. The molecule has 113 heavy (non-hydrogen) atoms. The summed E-state index contributed by atoms with van der Waals surface area (Å²) in [5.74, 6) is -1.59. The highest BCUT2D eigenvalue weighted by atomic mass is 31.2. The minimum Gasteiger partial charge on any atom is -0.463 e. The summed E-state index contributed by atoms with van der Waals surface area (Å²) < 4.78 is 61.3. The van der Waals surface area contributed by atoms with Crippen LogP contribution in [-0.4, -0.2) is 95.9 Å². The summed E-state index contributed by atoms with van der Waals surface area (Å²) >= 11 is 0. The van der Waals surface area contributed by atoms with Crippen LogP contribution >= 0.6 is 15.6 Å². The molecule has 0 saturated heterocycles. The zero-order valence-corrected chi connectivity index (χ0v) is 73.3. The maximum Gasteiger partial charge on any atom is 0.472 e. The SMILES string of the molecule is CC/C=C\C/C=C\C/C=C\C/C=C\C/C=C\CCCCCCCCCCCCCCCCCCCCCC(=O)OCC(O)COP(=O)(O)OCC(O)COP(=O)(O)OCC(COC(=O)CCCCCCCCCCCCC/C=C\C/C=C\C/C=C\C/C=C\CCCCC)OC(=O)CCCCCCC/C=C\C/C=C\C/C=C\CC. The lowest BCUT2D eigenvalue weighted by Gasteiger charge is -2.21. The highest BCUT2D eigenvalue weighted by Crippen LogP contribution is 2.45. The molecule has 4 N–H and O–H groups in total. The van der Waals surface area contributed by atoms with Crippen molar-refractivity contribution in [3.63, 3.8) is 0 Å². The molecule has 0 aromatic heterocycles. The lowest BCUT2D eigenvalue weighted by atomic mass is 10.0. The smallest absolute Gasteiger partial charge is 0.463 e. The zero-order chi connectivity index (χ0) is 82.2. The van der Waals surface area contributed by atoms with Gasteiger partial charge in [-0.1, -0.05) is 366 Å². The van der Waals surface area contributed by atoms with Gasteiger partial charge in [-0.05, 0) is 141 Å². The topological polar surface area (TPSA) is 231 Å². The van der Waals surface area contributed by atoms with Gasteiger partial charge in [0.05, 0.1) is 26.4 Å². The van der Waals surface area contributed by atoms with E-state index in [0.717, 1.165) is 154 Å². The van der Waals surface area contributed by atoms with Gasteiger partial charge in [0.1, 0.15) is 25.4 Å². The summed E-state index contributed by atoms with van der Waals surface area (Å²) in [5, 5.41) is 20.7. The molecule has 650 valence electrons. The number of phosphoric ester groups is 2. The Hall–Kier alpha value is -4.57. The first-order chi connectivity index (χ1) is 55.2. The predicted octanol–water partition coefficient (Wildman–Crippen LogP) is 27.6. The summed E-state index contributed by atoms with van der Waals surface area (Å²) in [6.45, 7) is 2.45. The van der Waals surface area contributed by atoms with Crippen LogP contribution in [0.15, 0.2) is 146 Å². The number of ether oxygens (including phenoxy) is 3. The number of hydrogen-bond acceptors (Lipinski definition) is 14. The third-order valence-corrected chi connectivity index (χ3v) is 20.9. The molecule has 0 aliphatic carbocycles. The van der Waals surface area contributed by atoms with Crippen molar-refractivity contribution >= 4 is 33.6 Å². The van der Waals surface area contributed by atoms with Gasteiger partial charge < -0.3 is 34.2 Å². The monoisotopic (exact) mass is 1620 g/mol. The lowest BCUT2D eigenvalue weighted by molar-refractivity contribution is -0.161. The first-order valence-electron chi connectivity index (χ1n) is 45.1. The molecule has 0 rings (SSSR count). The summed E-state index contributed by atoms with van der Waals surface area (Å²) in [4.78, 5) is 58.8. The molecule has 0 spiro atoms. The highest BCUT2D eigenvalue weighted by molar-refractivity contribution is 7.47. The number of rotatable bonds is 85. The van der Waals surface area contributed by atoms with Gasteiger partial charge in [0.15, 0.2) is 6.10 Å². The molecule has 0 bridgehead atoms. The van der Waals surface area contributed by atoms with E-state index in [-0.39, 0.29) is 19.3 Å². The standard InChI is InChI=1S/C95H164O16P2/c1-4-7-10-13-16-19-22-25-28-30-32-34-36-38-40-41-42-43-44-45-46-47-49-51-52-54-56-58-61-63-66-69-72-75-78-81-93(98)105-84-90(96)85-107-112(101,102)108-86-91(97)87-109-113(103,104)110-89-92(111-95(100)83-80-77-74-71-68-65-60-27-24-21-18-15-12-9-6-3)88-106-94(99)82-79-76-73-70-67-64-62-59-57-55-53-50-48-39-37-35-33-31-29-26-23-20-17-14-11-8-5-2/h7,9-10,12,16-21,25-29,32-35,38-40,48,60,90-92,96-97H,4-6,8,11,13-15,22-24,30-31,36-37,41-47,49-59,61-89H2,1-3H3,(H,101,102)(H,103,104)/b10-7-,12-9-,19-16-,20-17-,21-18-,28-25-,29-26-,34-32-,35-33-,40-38-,48-39-,60-27-. The number of carbonyl (C=O) groups excluding carboxylic acids is 3. The maximum absolute atomic E-state index is 13.0. The fourth-order valence-electron chi connectivity index (χ4n) is 12.2. The second kappa shape index (κ2) is 86.8. The Kier molecular flexibility index (Phi) is 83.3. The minimum atomic E-state index is -4.94.